The van der Waals surface area contributed by atoms with E-state index in [1.165, 1.54) is 0 Å². The molecule has 3 aromatic rings. The highest BCUT2D eigenvalue weighted by molar-refractivity contribution is 5.98. The van der Waals surface area contributed by atoms with Crippen molar-refractivity contribution >= 4 is 22.8 Å². The Morgan fingerprint density at radius 2 is 1.80 bits per heavy atom. The van der Waals surface area contributed by atoms with Gasteiger partial charge in [0.25, 0.3) is 0 Å². The Kier molecular flexibility index (Phi) is 6.60. The molecule has 7 nitrogen and oxygen atoms in total. The van der Waals surface area contributed by atoms with Gasteiger partial charge in [0.1, 0.15) is 18.4 Å². The fourth-order valence-electron chi connectivity index (χ4n) is 3.03. The third-order valence-electron chi connectivity index (χ3n) is 4.43. The van der Waals surface area contributed by atoms with E-state index in [1.54, 1.807) is 31.2 Å². The van der Waals surface area contributed by atoms with E-state index in [2.05, 4.69) is 4.98 Å². The number of para-hydroxylation sites is 2. The average molecular weight is 404 g/mol. The highest BCUT2D eigenvalue weighted by atomic mass is 16.6. The van der Waals surface area contributed by atoms with Gasteiger partial charge in [-0.3, -0.25) is 0 Å². The Labute approximate surface area is 173 Å². The van der Waals surface area contributed by atoms with Gasteiger partial charge in [0.05, 0.1) is 28.9 Å². The molecule has 0 aliphatic rings. The van der Waals surface area contributed by atoms with Gasteiger partial charge in [0, 0.05) is 5.39 Å². The normalized spacial score (nSPS) is 10.3. The highest BCUT2D eigenvalue weighted by Crippen LogP contribution is 2.24. The highest BCUT2D eigenvalue weighted by Gasteiger charge is 2.21. The summed E-state index contributed by atoms with van der Waals surface area (Å²) >= 11 is 0. The number of aryl methyl sites for hydroxylation is 1. The van der Waals surface area contributed by atoms with Crippen molar-refractivity contribution in [1.29, 1.82) is 5.26 Å². The molecule has 152 valence electrons. The van der Waals surface area contributed by atoms with Gasteiger partial charge in [-0.15, -0.1) is 0 Å². The van der Waals surface area contributed by atoms with E-state index in [0.717, 1.165) is 5.39 Å². The van der Waals surface area contributed by atoms with Crippen LogP contribution in [0, 0.1) is 18.3 Å². The second-order valence-corrected chi connectivity index (χ2v) is 6.35. The topological polar surface area (TPSA) is 98.5 Å². The molecule has 1 heterocycles. The summed E-state index contributed by atoms with van der Waals surface area (Å²) in [4.78, 5) is 29.2. The molecule has 0 aliphatic carbocycles. The first-order valence-corrected chi connectivity index (χ1v) is 9.38. The van der Waals surface area contributed by atoms with E-state index in [9.17, 15) is 9.59 Å². The largest absolute Gasteiger partial charge is 0.481 e. The second kappa shape index (κ2) is 9.52. The number of hydrogen-bond donors (Lipinski definition) is 0. The minimum Gasteiger partial charge on any atom is -0.481 e. The van der Waals surface area contributed by atoms with Gasteiger partial charge in [-0.05, 0) is 37.6 Å². The second-order valence-electron chi connectivity index (χ2n) is 6.35. The molecule has 0 amide bonds. The molecule has 7 heteroatoms. The van der Waals surface area contributed by atoms with E-state index < -0.39 is 11.9 Å². The van der Waals surface area contributed by atoms with Crippen LogP contribution in [0.3, 0.4) is 0 Å². The fraction of sp³-hybridized carbons (Fsp3) is 0.217. The molecule has 1 aromatic heterocycles. The molecular formula is C23H20N2O5. The Morgan fingerprint density at radius 3 is 2.57 bits per heavy atom. The summed E-state index contributed by atoms with van der Waals surface area (Å²) < 4.78 is 15.8. The number of carbonyl (C=O) groups is 2. The number of nitriles is 1. The third-order valence-corrected chi connectivity index (χ3v) is 4.43. The van der Waals surface area contributed by atoms with Crippen molar-refractivity contribution < 1.29 is 23.8 Å². The zero-order chi connectivity index (χ0) is 21.5. The number of benzene rings is 2. The monoisotopic (exact) mass is 404 g/mol. The van der Waals surface area contributed by atoms with Crippen molar-refractivity contribution in [2.45, 2.75) is 20.5 Å². The SMILES string of the molecule is CCOC(=O)c1c(COC(=O)COc2ccccc2C#N)nc2ccccc2c1C. The molecule has 0 unspecified atom stereocenters. The number of fused-ring (bicyclic) bond motifs is 1. The Morgan fingerprint density at radius 1 is 1.07 bits per heavy atom. The van der Waals surface area contributed by atoms with Crippen LogP contribution < -0.4 is 4.74 Å². The van der Waals surface area contributed by atoms with E-state index in [-0.39, 0.29) is 19.8 Å². The zero-order valence-electron chi connectivity index (χ0n) is 16.7. The number of ether oxygens (including phenoxy) is 3. The molecule has 0 N–H and O–H groups in total. The molecule has 30 heavy (non-hydrogen) atoms. The number of rotatable bonds is 7. The van der Waals surface area contributed by atoms with Crippen LogP contribution in [0.2, 0.25) is 0 Å². The average Bonchev–Trinajstić information content (AvgIpc) is 2.76. The number of pyridine rings is 1. The summed E-state index contributed by atoms with van der Waals surface area (Å²) in [7, 11) is 0. The Balaban J connectivity index is 1.77. The summed E-state index contributed by atoms with van der Waals surface area (Å²) in [6, 6.07) is 16.0. The lowest BCUT2D eigenvalue weighted by atomic mass is 10.0. The molecule has 0 spiro atoms. The van der Waals surface area contributed by atoms with Gasteiger partial charge in [-0.1, -0.05) is 30.3 Å². The molecule has 0 radical (unpaired) electrons. The maximum atomic E-state index is 12.5. The van der Waals surface area contributed by atoms with Crippen LogP contribution in [0.5, 0.6) is 5.75 Å². The van der Waals surface area contributed by atoms with Gasteiger partial charge in [0.15, 0.2) is 6.61 Å². The van der Waals surface area contributed by atoms with Crippen molar-refractivity contribution in [2.75, 3.05) is 13.2 Å². The summed E-state index contributed by atoms with van der Waals surface area (Å²) in [5, 5.41) is 9.90. The summed E-state index contributed by atoms with van der Waals surface area (Å²) in [6.45, 7) is 3.17. The van der Waals surface area contributed by atoms with Gasteiger partial charge in [0.2, 0.25) is 0 Å². The molecular weight excluding hydrogens is 384 g/mol. The molecule has 2 aromatic carbocycles. The molecule has 3 rings (SSSR count). The first-order chi connectivity index (χ1) is 14.5. The summed E-state index contributed by atoms with van der Waals surface area (Å²) in [5.74, 6) is -0.868. The minimum atomic E-state index is -0.648. The van der Waals surface area contributed by atoms with Gasteiger partial charge in [-0.2, -0.15) is 5.26 Å². The summed E-state index contributed by atoms with van der Waals surface area (Å²) in [6.07, 6.45) is 0. The van der Waals surface area contributed by atoms with Crippen LogP contribution in [0.4, 0.5) is 0 Å². The van der Waals surface area contributed by atoms with Crippen molar-refractivity contribution in [2.24, 2.45) is 0 Å². The van der Waals surface area contributed by atoms with Crippen LogP contribution in [-0.4, -0.2) is 30.1 Å². The van der Waals surface area contributed by atoms with Crippen LogP contribution >= 0.6 is 0 Å². The summed E-state index contributed by atoms with van der Waals surface area (Å²) in [5.41, 5.74) is 2.33. The van der Waals surface area contributed by atoms with Crippen molar-refractivity contribution in [3.63, 3.8) is 0 Å². The van der Waals surface area contributed by atoms with Gasteiger partial charge in [-0.25, -0.2) is 14.6 Å². The fourth-order valence-corrected chi connectivity index (χ4v) is 3.03. The van der Waals surface area contributed by atoms with Crippen LogP contribution in [-0.2, 0) is 20.9 Å². The van der Waals surface area contributed by atoms with Crippen LogP contribution in [0.25, 0.3) is 10.9 Å². The zero-order valence-corrected chi connectivity index (χ0v) is 16.7. The first kappa shape index (κ1) is 20.8. The van der Waals surface area contributed by atoms with Crippen molar-refractivity contribution in [3.05, 3.63) is 70.9 Å². The van der Waals surface area contributed by atoms with Gasteiger partial charge >= 0.3 is 11.9 Å². The van der Waals surface area contributed by atoms with E-state index in [0.29, 0.717) is 33.7 Å². The quantitative estimate of drug-likeness (QED) is 0.554. The van der Waals surface area contributed by atoms with E-state index >= 15 is 0 Å². The lowest BCUT2D eigenvalue weighted by Crippen LogP contribution is -2.18. The number of nitrogens with zero attached hydrogens (tertiary/aromatic N) is 2. The van der Waals surface area contributed by atoms with E-state index in [4.69, 9.17) is 19.5 Å². The van der Waals surface area contributed by atoms with Crippen molar-refractivity contribution in [3.8, 4) is 11.8 Å². The smallest absolute Gasteiger partial charge is 0.344 e. The lowest BCUT2D eigenvalue weighted by Gasteiger charge is -2.14. The molecule has 0 saturated heterocycles. The number of aromatic nitrogens is 1. The maximum Gasteiger partial charge on any atom is 0.344 e. The third kappa shape index (κ3) is 4.55. The lowest BCUT2D eigenvalue weighted by molar-refractivity contribution is -0.147. The van der Waals surface area contributed by atoms with Gasteiger partial charge < -0.3 is 14.2 Å². The Bertz CT molecular complexity index is 1130. The standard InChI is InChI=1S/C23H20N2O5/c1-3-28-23(27)22-15(2)17-9-5-6-10-18(17)25-19(22)13-30-21(26)14-29-20-11-7-4-8-16(20)12-24/h4-11H,3,13-14H2,1-2H3. The molecule has 0 fully saturated rings. The number of hydrogen-bond acceptors (Lipinski definition) is 7. The Hall–Kier alpha value is -3.92. The molecule has 0 saturated carbocycles. The predicted octanol–water partition coefficient (Wildman–Crippen LogP) is 3.71. The molecule has 0 bridgehead atoms. The minimum absolute atomic E-state index is 0.206. The van der Waals surface area contributed by atoms with Crippen molar-refractivity contribution in [1.82, 2.24) is 4.98 Å². The maximum absolute atomic E-state index is 12.5. The molecule has 0 atom stereocenters. The number of carbonyl (C=O) groups excluding carboxylic acids is 2. The van der Waals surface area contributed by atoms with E-state index in [1.807, 2.05) is 37.3 Å². The number of esters is 2. The first-order valence-electron chi connectivity index (χ1n) is 9.38. The molecule has 0 aliphatic heterocycles. The van der Waals surface area contributed by atoms with Crippen LogP contribution in [0.15, 0.2) is 48.5 Å². The predicted molar refractivity (Wildman–Crippen MR) is 109 cm³/mol. The van der Waals surface area contributed by atoms with Crippen LogP contribution in [0.1, 0.15) is 34.1 Å².